The standard InChI is InChI=1S/C18H21N3OS2/c1-21(11-13-7-9-23-12-13)8-6-17(22)20-18-15(10-19)14-4-2-3-5-16(14)24-18/h7,9,12H,2-6,8,11H2,1H3,(H,20,22). The lowest BCUT2D eigenvalue weighted by molar-refractivity contribution is -0.116. The number of amides is 1. The van der Waals surface area contributed by atoms with Crippen LogP contribution in [0.4, 0.5) is 5.00 Å². The van der Waals surface area contributed by atoms with E-state index in [0.29, 0.717) is 18.5 Å². The Labute approximate surface area is 150 Å². The first-order valence-corrected chi connectivity index (χ1v) is 9.97. The minimum Gasteiger partial charge on any atom is -0.317 e. The Bertz CT molecular complexity index is 743. The molecule has 24 heavy (non-hydrogen) atoms. The minimum atomic E-state index is -0.0118. The second kappa shape index (κ2) is 7.93. The van der Waals surface area contributed by atoms with Gasteiger partial charge < -0.3 is 10.2 Å². The summed E-state index contributed by atoms with van der Waals surface area (Å²) in [5.41, 5.74) is 3.13. The number of hydrogen-bond donors (Lipinski definition) is 1. The average Bonchev–Trinajstić information content (AvgIpc) is 3.19. The molecule has 3 rings (SSSR count). The molecule has 0 bridgehead atoms. The van der Waals surface area contributed by atoms with Gasteiger partial charge in [0.2, 0.25) is 5.91 Å². The minimum absolute atomic E-state index is 0.0118. The van der Waals surface area contributed by atoms with Crippen LogP contribution in [0.3, 0.4) is 0 Å². The molecule has 0 spiro atoms. The van der Waals surface area contributed by atoms with Crippen molar-refractivity contribution in [1.82, 2.24) is 4.90 Å². The second-order valence-electron chi connectivity index (χ2n) is 6.19. The fourth-order valence-electron chi connectivity index (χ4n) is 3.03. The number of rotatable bonds is 6. The van der Waals surface area contributed by atoms with Gasteiger partial charge in [0.1, 0.15) is 11.1 Å². The molecule has 2 heterocycles. The van der Waals surface area contributed by atoms with E-state index in [4.69, 9.17) is 0 Å². The van der Waals surface area contributed by atoms with E-state index in [2.05, 4.69) is 33.1 Å². The van der Waals surface area contributed by atoms with Gasteiger partial charge in [0.05, 0.1) is 5.56 Å². The topological polar surface area (TPSA) is 56.1 Å². The molecule has 0 fully saturated rings. The number of thiophene rings is 2. The van der Waals surface area contributed by atoms with Gasteiger partial charge in [-0.2, -0.15) is 16.6 Å². The van der Waals surface area contributed by atoms with Crippen molar-refractivity contribution in [2.24, 2.45) is 0 Å². The van der Waals surface area contributed by atoms with Crippen LogP contribution in [0, 0.1) is 11.3 Å². The van der Waals surface area contributed by atoms with Gasteiger partial charge in [0.25, 0.3) is 0 Å². The van der Waals surface area contributed by atoms with Crippen molar-refractivity contribution < 1.29 is 4.79 Å². The van der Waals surface area contributed by atoms with Gasteiger partial charge in [-0.15, -0.1) is 11.3 Å². The maximum Gasteiger partial charge on any atom is 0.226 e. The molecule has 0 saturated carbocycles. The quantitative estimate of drug-likeness (QED) is 0.847. The SMILES string of the molecule is CN(CCC(=O)Nc1sc2c(c1C#N)CCCC2)Cc1ccsc1. The van der Waals surface area contributed by atoms with Crippen molar-refractivity contribution in [1.29, 1.82) is 5.26 Å². The number of nitrogens with zero attached hydrogens (tertiary/aromatic N) is 2. The first-order valence-electron chi connectivity index (χ1n) is 8.21. The zero-order chi connectivity index (χ0) is 16.9. The van der Waals surface area contributed by atoms with E-state index in [-0.39, 0.29) is 5.91 Å². The van der Waals surface area contributed by atoms with Crippen molar-refractivity contribution >= 4 is 33.6 Å². The molecule has 0 unspecified atom stereocenters. The maximum absolute atomic E-state index is 12.3. The van der Waals surface area contributed by atoms with Crippen LogP contribution < -0.4 is 5.32 Å². The Hall–Kier alpha value is -1.68. The first-order chi connectivity index (χ1) is 11.7. The van der Waals surface area contributed by atoms with Gasteiger partial charge in [-0.05, 0) is 60.7 Å². The summed E-state index contributed by atoms with van der Waals surface area (Å²) in [6, 6.07) is 4.40. The summed E-state index contributed by atoms with van der Waals surface area (Å²) in [7, 11) is 2.02. The largest absolute Gasteiger partial charge is 0.317 e. The van der Waals surface area contributed by atoms with Crippen LogP contribution in [0.2, 0.25) is 0 Å². The van der Waals surface area contributed by atoms with Crippen LogP contribution in [0.25, 0.3) is 0 Å². The smallest absolute Gasteiger partial charge is 0.226 e. The van der Waals surface area contributed by atoms with Gasteiger partial charge in [0, 0.05) is 24.4 Å². The summed E-state index contributed by atoms with van der Waals surface area (Å²) in [6.07, 6.45) is 4.76. The number of fused-ring (bicyclic) bond motifs is 1. The van der Waals surface area contributed by atoms with E-state index in [1.54, 1.807) is 22.7 Å². The molecule has 1 aliphatic rings. The second-order valence-corrected chi connectivity index (χ2v) is 8.08. The van der Waals surface area contributed by atoms with Crippen LogP contribution in [0.15, 0.2) is 16.8 Å². The molecule has 0 aliphatic heterocycles. The summed E-state index contributed by atoms with van der Waals surface area (Å²) in [5.74, 6) is -0.0118. The summed E-state index contributed by atoms with van der Waals surface area (Å²) in [6.45, 7) is 1.56. The predicted molar refractivity (Wildman–Crippen MR) is 99.6 cm³/mol. The molecule has 126 valence electrons. The Morgan fingerprint density at radius 3 is 3.00 bits per heavy atom. The van der Waals surface area contributed by atoms with Gasteiger partial charge in [-0.1, -0.05) is 0 Å². The summed E-state index contributed by atoms with van der Waals surface area (Å²) in [5, 5.41) is 17.3. The predicted octanol–water partition coefficient (Wildman–Crippen LogP) is 4.02. The molecule has 4 nitrogen and oxygen atoms in total. The molecule has 0 atom stereocenters. The maximum atomic E-state index is 12.3. The molecule has 1 N–H and O–H groups in total. The van der Waals surface area contributed by atoms with Gasteiger partial charge >= 0.3 is 0 Å². The normalized spacial score (nSPS) is 13.5. The van der Waals surface area contributed by atoms with Crippen molar-refractivity contribution in [2.45, 2.75) is 38.6 Å². The molecule has 0 saturated heterocycles. The highest BCUT2D eigenvalue weighted by Crippen LogP contribution is 2.37. The lowest BCUT2D eigenvalue weighted by atomic mass is 9.96. The first kappa shape index (κ1) is 17.2. The Morgan fingerprint density at radius 1 is 1.42 bits per heavy atom. The van der Waals surface area contributed by atoms with E-state index < -0.39 is 0 Å². The average molecular weight is 360 g/mol. The molecule has 1 amide bonds. The van der Waals surface area contributed by atoms with Gasteiger partial charge in [-0.3, -0.25) is 4.79 Å². The summed E-state index contributed by atoms with van der Waals surface area (Å²) >= 11 is 3.28. The third-order valence-corrected chi connectivity index (χ3v) is 6.23. The number of anilines is 1. The molecule has 2 aromatic rings. The fraction of sp³-hybridized carbons (Fsp3) is 0.444. The van der Waals surface area contributed by atoms with E-state index in [9.17, 15) is 10.1 Å². The van der Waals surface area contributed by atoms with Crippen molar-refractivity contribution in [3.8, 4) is 6.07 Å². The third kappa shape index (κ3) is 4.04. The van der Waals surface area contributed by atoms with E-state index in [1.807, 2.05) is 7.05 Å². The van der Waals surface area contributed by atoms with Crippen LogP contribution in [-0.4, -0.2) is 24.4 Å². The lowest BCUT2D eigenvalue weighted by Gasteiger charge is -2.15. The zero-order valence-electron chi connectivity index (χ0n) is 13.8. The number of carbonyl (C=O) groups excluding carboxylic acids is 1. The summed E-state index contributed by atoms with van der Waals surface area (Å²) < 4.78 is 0. The fourth-order valence-corrected chi connectivity index (χ4v) is 4.94. The van der Waals surface area contributed by atoms with Crippen LogP contribution in [0.5, 0.6) is 0 Å². The number of nitrogens with one attached hydrogen (secondary N) is 1. The summed E-state index contributed by atoms with van der Waals surface area (Å²) in [4.78, 5) is 15.7. The molecule has 1 aliphatic carbocycles. The number of aryl methyl sites for hydroxylation is 1. The zero-order valence-corrected chi connectivity index (χ0v) is 15.4. The monoisotopic (exact) mass is 359 g/mol. The van der Waals surface area contributed by atoms with Gasteiger partial charge in [0.15, 0.2) is 0 Å². The van der Waals surface area contributed by atoms with Crippen molar-refractivity contribution in [3.05, 3.63) is 38.4 Å². The molecule has 2 aromatic heterocycles. The number of carbonyl (C=O) groups is 1. The highest BCUT2D eigenvalue weighted by atomic mass is 32.1. The van der Waals surface area contributed by atoms with Crippen LogP contribution in [0.1, 0.15) is 40.8 Å². The number of nitriles is 1. The lowest BCUT2D eigenvalue weighted by Crippen LogP contribution is -2.23. The van der Waals surface area contributed by atoms with Crippen LogP contribution >= 0.6 is 22.7 Å². The van der Waals surface area contributed by atoms with E-state index >= 15 is 0 Å². The molecule has 6 heteroatoms. The Kier molecular flexibility index (Phi) is 5.67. The Morgan fingerprint density at radius 2 is 2.25 bits per heavy atom. The highest BCUT2D eigenvalue weighted by Gasteiger charge is 2.21. The molecule has 0 radical (unpaired) electrons. The third-order valence-electron chi connectivity index (χ3n) is 4.29. The molecular formula is C18H21N3OS2. The van der Waals surface area contributed by atoms with E-state index in [1.165, 1.54) is 22.4 Å². The molecular weight excluding hydrogens is 338 g/mol. The van der Waals surface area contributed by atoms with Crippen molar-refractivity contribution in [3.63, 3.8) is 0 Å². The van der Waals surface area contributed by atoms with E-state index in [0.717, 1.165) is 30.8 Å². The van der Waals surface area contributed by atoms with Crippen molar-refractivity contribution in [2.75, 3.05) is 18.9 Å². The highest BCUT2D eigenvalue weighted by molar-refractivity contribution is 7.16. The van der Waals surface area contributed by atoms with Crippen LogP contribution in [-0.2, 0) is 24.2 Å². The Balaban J connectivity index is 1.55. The van der Waals surface area contributed by atoms with Gasteiger partial charge in [-0.25, -0.2) is 0 Å². The molecule has 0 aromatic carbocycles. The number of hydrogen-bond acceptors (Lipinski definition) is 5.